The van der Waals surface area contributed by atoms with Crippen molar-refractivity contribution >= 4 is 5.91 Å². The predicted molar refractivity (Wildman–Crippen MR) is 56.7 cm³/mol. The van der Waals surface area contributed by atoms with E-state index >= 15 is 0 Å². The second kappa shape index (κ2) is 4.75. The van der Waals surface area contributed by atoms with E-state index in [1.54, 1.807) is 0 Å². The Kier molecular flexibility index (Phi) is 3.89. The lowest BCUT2D eigenvalue weighted by atomic mass is 9.89. The molecule has 4 nitrogen and oxygen atoms in total. The molecule has 0 spiro atoms. The van der Waals surface area contributed by atoms with Gasteiger partial charge in [-0.3, -0.25) is 9.69 Å². The van der Waals surface area contributed by atoms with Crippen LogP contribution in [0.1, 0.15) is 32.6 Å². The summed E-state index contributed by atoms with van der Waals surface area (Å²) in [5.74, 6) is -0.273. The topological polar surface area (TPSA) is 72.4 Å². The smallest absolute Gasteiger partial charge is 0.234 e. The Balaban J connectivity index is 2.57. The molecule has 1 fully saturated rings. The molecule has 1 rings (SSSR count). The summed E-state index contributed by atoms with van der Waals surface area (Å²) in [5, 5.41) is 0. The van der Waals surface area contributed by atoms with Crippen LogP contribution in [0.25, 0.3) is 0 Å². The number of rotatable bonds is 3. The highest BCUT2D eigenvalue weighted by atomic mass is 16.1. The molecule has 4 N–H and O–H groups in total. The van der Waals surface area contributed by atoms with Crippen molar-refractivity contribution in [3.05, 3.63) is 0 Å². The van der Waals surface area contributed by atoms with Gasteiger partial charge in [0, 0.05) is 12.1 Å². The molecular weight excluding hydrogens is 178 g/mol. The molecule has 0 heterocycles. The molecule has 3 atom stereocenters. The quantitative estimate of drug-likeness (QED) is 0.675. The molecule has 4 heteroatoms. The van der Waals surface area contributed by atoms with Crippen LogP contribution in [0.5, 0.6) is 0 Å². The molecule has 1 aliphatic carbocycles. The Morgan fingerprint density at radius 3 is 2.50 bits per heavy atom. The van der Waals surface area contributed by atoms with Crippen molar-refractivity contribution in [3.63, 3.8) is 0 Å². The maximum absolute atomic E-state index is 11.0. The first kappa shape index (κ1) is 11.5. The van der Waals surface area contributed by atoms with Crippen LogP contribution in [-0.2, 0) is 4.79 Å². The summed E-state index contributed by atoms with van der Waals surface area (Å²) in [6, 6.07) is 0.283. The lowest BCUT2D eigenvalue weighted by Crippen LogP contribution is -2.54. The zero-order chi connectivity index (χ0) is 10.7. The number of carbonyl (C=O) groups is 1. The predicted octanol–water partition coefficient (Wildman–Crippen LogP) is 0.0619. The highest BCUT2D eigenvalue weighted by molar-refractivity contribution is 5.79. The summed E-state index contributed by atoms with van der Waals surface area (Å²) in [4.78, 5) is 13.0. The van der Waals surface area contributed by atoms with E-state index in [0.717, 1.165) is 12.8 Å². The van der Waals surface area contributed by atoms with Crippen LogP contribution in [0, 0.1) is 0 Å². The number of amides is 1. The Morgan fingerprint density at radius 1 is 1.43 bits per heavy atom. The Labute approximate surface area is 85.6 Å². The van der Waals surface area contributed by atoms with Gasteiger partial charge in [-0.25, -0.2) is 0 Å². The molecule has 0 aromatic carbocycles. The zero-order valence-corrected chi connectivity index (χ0v) is 9.07. The summed E-state index contributed by atoms with van der Waals surface area (Å²) in [6.45, 7) is 1.84. The fourth-order valence-electron chi connectivity index (χ4n) is 2.13. The molecular formula is C10H21N3O. The second-order valence-electron chi connectivity index (χ2n) is 4.26. The fourth-order valence-corrected chi connectivity index (χ4v) is 2.13. The van der Waals surface area contributed by atoms with E-state index in [-0.39, 0.29) is 18.0 Å². The Hall–Kier alpha value is -0.610. The van der Waals surface area contributed by atoms with Crippen molar-refractivity contribution in [3.8, 4) is 0 Å². The normalized spacial score (nSPS) is 30.3. The van der Waals surface area contributed by atoms with Crippen molar-refractivity contribution in [2.24, 2.45) is 11.5 Å². The molecule has 0 saturated heterocycles. The molecule has 0 aliphatic heterocycles. The minimum Gasteiger partial charge on any atom is -0.368 e. The third-order valence-corrected chi connectivity index (χ3v) is 3.33. The van der Waals surface area contributed by atoms with Crippen LogP contribution in [0.15, 0.2) is 0 Å². The lowest BCUT2D eigenvalue weighted by molar-refractivity contribution is -0.123. The lowest BCUT2D eigenvalue weighted by Gasteiger charge is -2.38. The number of hydrogen-bond acceptors (Lipinski definition) is 3. The first-order valence-corrected chi connectivity index (χ1v) is 5.31. The molecule has 3 unspecified atom stereocenters. The van der Waals surface area contributed by atoms with Gasteiger partial charge >= 0.3 is 0 Å². The van der Waals surface area contributed by atoms with Gasteiger partial charge in [-0.05, 0) is 26.8 Å². The second-order valence-corrected chi connectivity index (χ2v) is 4.26. The molecule has 82 valence electrons. The monoisotopic (exact) mass is 199 g/mol. The van der Waals surface area contributed by atoms with Gasteiger partial charge < -0.3 is 11.5 Å². The van der Waals surface area contributed by atoms with E-state index in [2.05, 4.69) is 0 Å². The van der Waals surface area contributed by atoms with Crippen molar-refractivity contribution in [1.29, 1.82) is 0 Å². The minimum atomic E-state index is -0.273. The number of nitrogens with zero attached hydrogens (tertiary/aromatic N) is 1. The van der Waals surface area contributed by atoms with Gasteiger partial charge in [0.15, 0.2) is 0 Å². The van der Waals surface area contributed by atoms with E-state index in [4.69, 9.17) is 11.5 Å². The van der Waals surface area contributed by atoms with Crippen LogP contribution in [0.3, 0.4) is 0 Å². The van der Waals surface area contributed by atoms with Crippen LogP contribution >= 0.6 is 0 Å². The SMILES string of the molecule is CC(C(N)=O)N(C)C1CCCCC1N. The van der Waals surface area contributed by atoms with E-state index in [9.17, 15) is 4.79 Å². The van der Waals surface area contributed by atoms with Crippen LogP contribution < -0.4 is 11.5 Å². The molecule has 14 heavy (non-hydrogen) atoms. The average molecular weight is 199 g/mol. The number of primary amides is 1. The van der Waals surface area contributed by atoms with E-state index in [1.807, 2.05) is 18.9 Å². The van der Waals surface area contributed by atoms with Crippen LogP contribution in [0.2, 0.25) is 0 Å². The first-order chi connectivity index (χ1) is 6.54. The molecule has 0 radical (unpaired) electrons. The van der Waals surface area contributed by atoms with Crippen molar-refractivity contribution in [2.75, 3.05) is 7.05 Å². The van der Waals surface area contributed by atoms with Gasteiger partial charge in [0.2, 0.25) is 5.91 Å². The maximum Gasteiger partial charge on any atom is 0.234 e. The van der Waals surface area contributed by atoms with E-state index in [1.165, 1.54) is 12.8 Å². The largest absolute Gasteiger partial charge is 0.368 e. The third-order valence-electron chi connectivity index (χ3n) is 3.33. The Bertz CT molecular complexity index is 208. The zero-order valence-electron chi connectivity index (χ0n) is 9.07. The Morgan fingerprint density at radius 2 is 2.00 bits per heavy atom. The van der Waals surface area contributed by atoms with Gasteiger partial charge in [-0.15, -0.1) is 0 Å². The van der Waals surface area contributed by atoms with E-state index in [0.29, 0.717) is 6.04 Å². The number of carbonyl (C=O) groups excluding carboxylic acids is 1. The average Bonchev–Trinajstić information content (AvgIpc) is 2.16. The fraction of sp³-hybridized carbons (Fsp3) is 0.900. The molecule has 1 amide bonds. The van der Waals surface area contributed by atoms with Gasteiger partial charge in [0.25, 0.3) is 0 Å². The van der Waals surface area contributed by atoms with Gasteiger partial charge in [-0.2, -0.15) is 0 Å². The van der Waals surface area contributed by atoms with Crippen LogP contribution in [-0.4, -0.2) is 36.0 Å². The van der Waals surface area contributed by atoms with Gasteiger partial charge in [0.05, 0.1) is 6.04 Å². The summed E-state index contributed by atoms with van der Waals surface area (Å²) >= 11 is 0. The highest BCUT2D eigenvalue weighted by Gasteiger charge is 2.29. The van der Waals surface area contributed by atoms with Gasteiger partial charge in [-0.1, -0.05) is 12.8 Å². The summed E-state index contributed by atoms with van der Waals surface area (Å²) in [6.07, 6.45) is 4.54. The van der Waals surface area contributed by atoms with Crippen LogP contribution in [0.4, 0.5) is 0 Å². The molecule has 0 bridgehead atoms. The van der Waals surface area contributed by atoms with Crippen molar-refractivity contribution in [1.82, 2.24) is 4.90 Å². The first-order valence-electron chi connectivity index (χ1n) is 5.31. The summed E-state index contributed by atoms with van der Waals surface area (Å²) in [5.41, 5.74) is 11.3. The maximum atomic E-state index is 11.0. The number of hydrogen-bond donors (Lipinski definition) is 2. The minimum absolute atomic E-state index is 0.190. The van der Waals surface area contributed by atoms with Crippen molar-refractivity contribution in [2.45, 2.75) is 50.7 Å². The molecule has 1 saturated carbocycles. The highest BCUT2D eigenvalue weighted by Crippen LogP contribution is 2.22. The van der Waals surface area contributed by atoms with Gasteiger partial charge in [0.1, 0.15) is 0 Å². The summed E-state index contributed by atoms with van der Waals surface area (Å²) < 4.78 is 0. The van der Waals surface area contributed by atoms with E-state index < -0.39 is 0 Å². The molecule has 0 aromatic rings. The molecule has 1 aliphatic rings. The molecule has 0 aromatic heterocycles. The third kappa shape index (κ3) is 2.45. The summed E-state index contributed by atoms with van der Waals surface area (Å²) in [7, 11) is 1.94. The number of nitrogens with two attached hydrogens (primary N) is 2. The standard InChI is InChI=1S/C10H21N3O/c1-7(10(12)14)13(2)9-6-4-3-5-8(9)11/h7-9H,3-6,11H2,1-2H3,(H2,12,14). The van der Waals surface area contributed by atoms with Crippen molar-refractivity contribution < 1.29 is 4.79 Å². The number of likely N-dealkylation sites (N-methyl/N-ethyl adjacent to an activating group) is 1.